The highest BCUT2D eigenvalue weighted by molar-refractivity contribution is 7.16. The Morgan fingerprint density at radius 2 is 1.45 bits per heavy atom. The number of hydrogen-bond donors (Lipinski definition) is 1. The molecule has 0 aliphatic heterocycles. The zero-order valence-electron chi connectivity index (χ0n) is 12.5. The molecule has 1 heterocycles. The van der Waals surface area contributed by atoms with Crippen molar-refractivity contribution < 1.29 is 0 Å². The number of hydrogen-bond acceptors (Lipinski definition) is 2. The van der Waals surface area contributed by atoms with E-state index in [4.69, 9.17) is 11.6 Å². The van der Waals surface area contributed by atoms with Crippen LogP contribution in [0.25, 0.3) is 0 Å². The fourth-order valence-electron chi connectivity index (χ4n) is 3.06. The van der Waals surface area contributed by atoms with E-state index in [1.165, 1.54) is 75.5 Å². The number of thiophene rings is 1. The van der Waals surface area contributed by atoms with Crippen LogP contribution in [0, 0.1) is 0 Å². The summed E-state index contributed by atoms with van der Waals surface area (Å²) in [4.78, 5) is 1.36. The average Bonchev–Trinajstić information content (AvgIpc) is 2.84. The molecule has 0 spiro atoms. The summed E-state index contributed by atoms with van der Waals surface area (Å²) in [5, 5.41) is 3.75. The summed E-state index contributed by atoms with van der Waals surface area (Å²) >= 11 is 7.70. The summed E-state index contributed by atoms with van der Waals surface area (Å²) in [6.45, 7) is 0.988. The minimum atomic E-state index is 0.704. The predicted octanol–water partition coefficient (Wildman–Crippen LogP) is 6.16. The van der Waals surface area contributed by atoms with Crippen molar-refractivity contribution in [3.63, 3.8) is 0 Å². The van der Waals surface area contributed by atoms with Crippen molar-refractivity contribution in [2.75, 3.05) is 0 Å². The van der Waals surface area contributed by atoms with Gasteiger partial charge >= 0.3 is 0 Å². The lowest BCUT2D eigenvalue weighted by molar-refractivity contribution is 0.404. The quantitative estimate of drug-likeness (QED) is 0.704. The molecule has 114 valence electrons. The molecule has 20 heavy (non-hydrogen) atoms. The van der Waals surface area contributed by atoms with Gasteiger partial charge in [0.1, 0.15) is 0 Å². The predicted molar refractivity (Wildman–Crippen MR) is 90.7 cm³/mol. The molecule has 1 aliphatic rings. The van der Waals surface area contributed by atoms with Crippen molar-refractivity contribution in [1.29, 1.82) is 0 Å². The molecular formula is C17H28ClNS. The van der Waals surface area contributed by atoms with Crippen molar-refractivity contribution in [2.45, 2.75) is 83.2 Å². The Bertz CT molecular complexity index is 352. The molecule has 0 atom stereocenters. The molecule has 0 aromatic carbocycles. The monoisotopic (exact) mass is 313 g/mol. The van der Waals surface area contributed by atoms with E-state index >= 15 is 0 Å². The molecule has 1 aromatic heterocycles. The van der Waals surface area contributed by atoms with Crippen LogP contribution in [0.15, 0.2) is 12.1 Å². The zero-order chi connectivity index (χ0) is 14.0. The summed E-state index contributed by atoms with van der Waals surface area (Å²) in [6, 6.07) is 4.86. The summed E-state index contributed by atoms with van der Waals surface area (Å²) in [7, 11) is 0. The van der Waals surface area contributed by atoms with Gasteiger partial charge in [0.25, 0.3) is 0 Å². The Hall–Kier alpha value is -0.0500. The SMILES string of the molecule is Clc1ccc(CNC2CCCCCCCCCCC2)s1. The normalized spacial score (nSPS) is 20.2. The van der Waals surface area contributed by atoms with Crippen LogP contribution in [0.3, 0.4) is 0 Å². The summed E-state index contributed by atoms with van der Waals surface area (Å²) < 4.78 is 0.903. The molecule has 0 amide bonds. The second kappa shape index (κ2) is 9.81. The Morgan fingerprint density at radius 1 is 0.900 bits per heavy atom. The lowest BCUT2D eigenvalue weighted by atomic mass is 9.98. The van der Waals surface area contributed by atoms with E-state index in [1.807, 2.05) is 6.07 Å². The van der Waals surface area contributed by atoms with Gasteiger partial charge in [0.05, 0.1) is 4.34 Å². The van der Waals surface area contributed by atoms with E-state index in [0.717, 1.165) is 10.9 Å². The first kappa shape index (κ1) is 16.3. The smallest absolute Gasteiger partial charge is 0.0931 e. The molecule has 0 bridgehead atoms. The van der Waals surface area contributed by atoms with E-state index in [-0.39, 0.29) is 0 Å². The highest BCUT2D eigenvalue weighted by Crippen LogP contribution is 2.22. The Kier molecular flexibility index (Phi) is 8.00. The third kappa shape index (κ3) is 6.60. The lowest BCUT2D eigenvalue weighted by Gasteiger charge is -2.19. The highest BCUT2D eigenvalue weighted by Gasteiger charge is 2.09. The minimum Gasteiger partial charge on any atom is -0.309 e. The van der Waals surface area contributed by atoms with Gasteiger partial charge < -0.3 is 5.32 Å². The number of nitrogens with one attached hydrogen (secondary N) is 1. The van der Waals surface area contributed by atoms with Gasteiger partial charge in [-0.1, -0.05) is 69.4 Å². The van der Waals surface area contributed by atoms with Crippen molar-refractivity contribution in [1.82, 2.24) is 5.32 Å². The van der Waals surface area contributed by atoms with Crippen molar-refractivity contribution in [2.24, 2.45) is 0 Å². The van der Waals surface area contributed by atoms with E-state index in [0.29, 0.717) is 6.04 Å². The van der Waals surface area contributed by atoms with Gasteiger partial charge in [-0.25, -0.2) is 0 Å². The van der Waals surface area contributed by atoms with Gasteiger partial charge in [-0.3, -0.25) is 0 Å². The maximum Gasteiger partial charge on any atom is 0.0931 e. The zero-order valence-corrected chi connectivity index (χ0v) is 14.1. The van der Waals surface area contributed by atoms with Gasteiger partial charge in [-0.15, -0.1) is 11.3 Å². The highest BCUT2D eigenvalue weighted by atomic mass is 35.5. The largest absolute Gasteiger partial charge is 0.309 e. The Balaban J connectivity index is 1.73. The van der Waals surface area contributed by atoms with Crippen molar-refractivity contribution in [3.05, 3.63) is 21.3 Å². The van der Waals surface area contributed by atoms with Gasteiger partial charge in [0, 0.05) is 17.5 Å². The van der Waals surface area contributed by atoms with Crippen LogP contribution in [0.2, 0.25) is 4.34 Å². The Labute approximate surface area is 133 Å². The lowest BCUT2D eigenvalue weighted by Crippen LogP contribution is -2.28. The van der Waals surface area contributed by atoms with Crippen molar-refractivity contribution >= 4 is 22.9 Å². The molecule has 1 N–H and O–H groups in total. The van der Waals surface area contributed by atoms with Crippen LogP contribution in [0.1, 0.15) is 75.5 Å². The van der Waals surface area contributed by atoms with Crippen molar-refractivity contribution in [3.8, 4) is 0 Å². The van der Waals surface area contributed by atoms with E-state index in [1.54, 1.807) is 11.3 Å². The second-order valence-corrected chi connectivity index (χ2v) is 7.84. The minimum absolute atomic E-state index is 0.704. The van der Waals surface area contributed by atoms with Crippen LogP contribution in [-0.4, -0.2) is 6.04 Å². The summed E-state index contributed by atoms with van der Waals surface area (Å²) in [5.41, 5.74) is 0. The average molecular weight is 314 g/mol. The third-order valence-electron chi connectivity index (χ3n) is 4.30. The molecular weight excluding hydrogens is 286 g/mol. The van der Waals surface area contributed by atoms with Crippen LogP contribution < -0.4 is 5.32 Å². The first-order valence-corrected chi connectivity index (χ1v) is 9.51. The van der Waals surface area contributed by atoms with Crippen LogP contribution >= 0.6 is 22.9 Å². The third-order valence-corrected chi connectivity index (χ3v) is 5.53. The molecule has 0 radical (unpaired) electrons. The number of rotatable bonds is 3. The molecule has 1 aromatic rings. The molecule has 1 fully saturated rings. The van der Waals surface area contributed by atoms with Crippen LogP contribution in [0.5, 0.6) is 0 Å². The summed E-state index contributed by atoms with van der Waals surface area (Å²) in [5.74, 6) is 0. The molecule has 2 rings (SSSR count). The topological polar surface area (TPSA) is 12.0 Å². The molecule has 0 unspecified atom stereocenters. The molecule has 1 aliphatic carbocycles. The van der Waals surface area contributed by atoms with Gasteiger partial charge in [0.15, 0.2) is 0 Å². The molecule has 1 saturated carbocycles. The maximum absolute atomic E-state index is 5.99. The van der Waals surface area contributed by atoms with E-state index < -0.39 is 0 Å². The van der Waals surface area contributed by atoms with E-state index in [9.17, 15) is 0 Å². The fraction of sp³-hybridized carbons (Fsp3) is 0.765. The number of halogens is 1. The second-order valence-electron chi connectivity index (χ2n) is 6.04. The first-order valence-electron chi connectivity index (χ1n) is 8.32. The van der Waals surface area contributed by atoms with Crippen LogP contribution in [0.4, 0.5) is 0 Å². The summed E-state index contributed by atoms with van der Waals surface area (Å²) in [6.07, 6.45) is 15.6. The maximum atomic E-state index is 5.99. The van der Waals surface area contributed by atoms with Gasteiger partial charge in [-0.2, -0.15) is 0 Å². The Morgan fingerprint density at radius 3 is 1.95 bits per heavy atom. The van der Waals surface area contributed by atoms with Gasteiger partial charge in [-0.05, 0) is 25.0 Å². The molecule has 0 saturated heterocycles. The standard InChI is InChI=1S/C17H28ClNS/c18-17-13-12-16(20-17)14-19-15-10-8-6-4-2-1-3-5-7-9-11-15/h12-13,15,19H,1-11,14H2. The van der Waals surface area contributed by atoms with E-state index in [2.05, 4.69) is 11.4 Å². The fourth-order valence-corrected chi connectivity index (χ4v) is 4.10. The first-order chi connectivity index (χ1) is 9.84. The molecule has 1 nitrogen and oxygen atoms in total. The van der Waals surface area contributed by atoms with Crippen LogP contribution in [-0.2, 0) is 6.54 Å². The van der Waals surface area contributed by atoms with Gasteiger partial charge in [0.2, 0.25) is 0 Å². The molecule has 3 heteroatoms.